The van der Waals surface area contributed by atoms with E-state index < -0.39 is 97.5 Å². The van der Waals surface area contributed by atoms with Gasteiger partial charge in [0.15, 0.2) is 12.2 Å². The first-order valence-electron chi connectivity index (χ1n) is 46.5. The number of aliphatic hydroxyl groups is 1. The van der Waals surface area contributed by atoms with E-state index in [2.05, 4.69) is 41.5 Å². The molecule has 109 heavy (non-hydrogen) atoms. The highest BCUT2D eigenvalue weighted by Gasteiger charge is 2.31. The molecule has 0 aromatic rings. The molecule has 0 aromatic heterocycles. The number of rotatable bonds is 89. The van der Waals surface area contributed by atoms with Crippen molar-refractivity contribution in [2.24, 2.45) is 11.8 Å². The third kappa shape index (κ3) is 82.4. The van der Waals surface area contributed by atoms with Crippen molar-refractivity contribution in [2.45, 2.75) is 503 Å². The van der Waals surface area contributed by atoms with Gasteiger partial charge in [-0.15, -0.1) is 0 Å². The molecule has 6 atom stereocenters. The Morgan fingerprint density at radius 1 is 0.266 bits per heavy atom. The molecule has 19 heteroatoms. The van der Waals surface area contributed by atoms with E-state index in [1.54, 1.807) is 0 Å². The van der Waals surface area contributed by atoms with Crippen LogP contribution >= 0.6 is 15.6 Å². The Kier molecular flexibility index (Phi) is 79.8. The van der Waals surface area contributed by atoms with E-state index in [-0.39, 0.29) is 25.7 Å². The molecule has 0 aliphatic heterocycles. The fraction of sp³-hybridized carbons (Fsp3) is 0.956. The van der Waals surface area contributed by atoms with Gasteiger partial charge < -0.3 is 33.8 Å². The quantitative estimate of drug-likeness (QED) is 0.0222. The first-order valence-corrected chi connectivity index (χ1v) is 49.5. The molecular formula is C90H176O17P2. The van der Waals surface area contributed by atoms with Crippen LogP contribution in [0.3, 0.4) is 0 Å². The van der Waals surface area contributed by atoms with Crippen LogP contribution in [0.5, 0.6) is 0 Å². The highest BCUT2D eigenvalue weighted by molar-refractivity contribution is 7.47. The third-order valence-corrected chi connectivity index (χ3v) is 23.5. The molecule has 0 saturated heterocycles. The zero-order valence-electron chi connectivity index (χ0n) is 71.9. The van der Waals surface area contributed by atoms with Gasteiger partial charge in [-0.2, -0.15) is 0 Å². The van der Waals surface area contributed by atoms with Crippen molar-refractivity contribution in [1.29, 1.82) is 0 Å². The van der Waals surface area contributed by atoms with Gasteiger partial charge in [-0.25, -0.2) is 9.13 Å². The molecule has 17 nitrogen and oxygen atoms in total. The number of carbonyl (C=O) groups excluding carboxylic acids is 4. The molecule has 0 radical (unpaired) electrons. The Morgan fingerprint density at radius 3 is 0.697 bits per heavy atom. The first kappa shape index (κ1) is 107. The topological polar surface area (TPSA) is 237 Å². The van der Waals surface area contributed by atoms with Gasteiger partial charge in [0.25, 0.3) is 0 Å². The number of hydrogen-bond acceptors (Lipinski definition) is 15. The fourth-order valence-corrected chi connectivity index (χ4v) is 15.7. The lowest BCUT2D eigenvalue weighted by Gasteiger charge is -2.21. The van der Waals surface area contributed by atoms with Crippen LogP contribution in [0.1, 0.15) is 485 Å². The van der Waals surface area contributed by atoms with Gasteiger partial charge in [-0.3, -0.25) is 37.3 Å². The number of phosphoric ester groups is 2. The van der Waals surface area contributed by atoms with Crippen molar-refractivity contribution < 1.29 is 80.2 Å². The molecule has 0 aliphatic rings. The number of ether oxygens (including phenoxy) is 4. The summed E-state index contributed by atoms with van der Waals surface area (Å²) >= 11 is 0. The summed E-state index contributed by atoms with van der Waals surface area (Å²) in [6.45, 7) is 9.79. The first-order chi connectivity index (χ1) is 52.9. The van der Waals surface area contributed by atoms with Gasteiger partial charge in [-0.05, 0) is 37.5 Å². The van der Waals surface area contributed by atoms with Crippen LogP contribution in [-0.4, -0.2) is 96.7 Å². The van der Waals surface area contributed by atoms with Crippen LogP contribution in [0.25, 0.3) is 0 Å². The Morgan fingerprint density at radius 2 is 0.468 bits per heavy atom. The fourth-order valence-electron chi connectivity index (χ4n) is 14.1. The van der Waals surface area contributed by atoms with E-state index in [1.165, 1.54) is 302 Å². The summed E-state index contributed by atoms with van der Waals surface area (Å²) < 4.78 is 69.1. The zero-order chi connectivity index (χ0) is 79.9. The molecule has 0 aromatic carbocycles. The van der Waals surface area contributed by atoms with E-state index in [0.717, 1.165) is 102 Å². The van der Waals surface area contributed by atoms with Gasteiger partial charge in [0.1, 0.15) is 19.3 Å². The van der Waals surface area contributed by atoms with Crippen LogP contribution in [0.4, 0.5) is 0 Å². The summed E-state index contributed by atoms with van der Waals surface area (Å²) in [5, 5.41) is 10.7. The van der Waals surface area contributed by atoms with Crippen molar-refractivity contribution in [3.05, 3.63) is 0 Å². The van der Waals surface area contributed by atoms with Gasteiger partial charge in [0.2, 0.25) is 0 Å². The summed E-state index contributed by atoms with van der Waals surface area (Å²) in [7, 11) is -9.93. The van der Waals surface area contributed by atoms with Crippen LogP contribution in [-0.2, 0) is 65.4 Å². The zero-order valence-corrected chi connectivity index (χ0v) is 73.7. The minimum atomic E-state index is -4.97. The van der Waals surface area contributed by atoms with Crippen LogP contribution in [0.15, 0.2) is 0 Å². The number of carbonyl (C=O) groups is 4. The minimum Gasteiger partial charge on any atom is -0.462 e. The smallest absolute Gasteiger partial charge is 0.462 e. The average molecular weight is 1590 g/mol. The summed E-state index contributed by atoms with van der Waals surface area (Å²) in [5.74, 6) is -0.437. The molecule has 0 fully saturated rings. The van der Waals surface area contributed by atoms with Gasteiger partial charge in [0, 0.05) is 25.7 Å². The summed E-state index contributed by atoms with van der Waals surface area (Å²) in [4.78, 5) is 73.4. The average Bonchev–Trinajstić information content (AvgIpc) is 0.899. The van der Waals surface area contributed by atoms with Crippen molar-refractivity contribution in [3.63, 3.8) is 0 Å². The lowest BCUT2D eigenvalue weighted by Crippen LogP contribution is -2.30. The second-order valence-corrected chi connectivity index (χ2v) is 36.0. The van der Waals surface area contributed by atoms with E-state index in [4.69, 9.17) is 37.0 Å². The van der Waals surface area contributed by atoms with Crippen molar-refractivity contribution in [3.8, 4) is 0 Å². The largest absolute Gasteiger partial charge is 0.472 e. The molecule has 0 amide bonds. The number of hydrogen-bond donors (Lipinski definition) is 3. The molecule has 0 spiro atoms. The predicted octanol–water partition coefficient (Wildman–Crippen LogP) is 27.8. The molecule has 3 N–H and O–H groups in total. The summed E-state index contributed by atoms with van der Waals surface area (Å²) in [5.41, 5.74) is 0. The van der Waals surface area contributed by atoms with Crippen LogP contribution in [0, 0.1) is 11.8 Å². The summed E-state index contributed by atoms with van der Waals surface area (Å²) in [6, 6.07) is 0. The van der Waals surface area contributed by atoms with Crippen LogP contribution in [0.2, 0.25) is 0 Å². The van der Waals surface area contributed by atoms with E-state index in [1.807, 2.05) is 0 Å². The minimum absolute atomic E-state index is 0.108. The van der Waals surface area contributed by atoms with E-state index >= 15 is 0 Å². The molecule has 0 aliphatic carbocycles. The Bertz CT molecular complexity index is 2080. The third-order valence-electron chi connectivity index (χ3n) is 21.6. The second-order valence-electron chi connectivity index (χ2n) is 33.1. The van der Waals surface area contributed by atoms with Crippen molar-refractivity contribution in [1.82, 2.24) is 0 Å². The number of phosphoric acid groups is 2. The molecule has 0 bridgehead atoms. The molecule has 0 heterocycles. The van der Waals surface area contributed by atoms with Crippen molar-refractivity contribution in [2.75, 3.05) is 39.6 Å². The normalized spacial score (nSPS) is 14.0. The number of esters is 4. The lowest BCUT2D eigenvalue weighted by molar-refractivity contribution is -0.161. The monoisotopic (exact) mass is 1590 g/mol. The predicted molar refractivity (Wildman–Crippen MR) is 451 cm³/mol. The molecule has 3 unspecified atom stereocenters. The maximum atomic E-state index is 13.2. The standard InChI is InChI=1S/C90H176O17P2/c1-7-10-12-14-16-18-20-22-23-24-28-31-37-43-49-55-61-67-73-88(93)101-79-86(106-89(94)74-68-62-56-50-44-38-32-29-26-25-27-30-36-41-47-53-59-65-71-83(6)9-3)81-105-109(98,99)103-77-84(91)76-102-108(96,97)104-80-85(78-100-87(92)72-66-60-54-48-42-34-21-19-17-15-13-11-8-2)107-90(95)75-69-63-57-51-45-39-33-35-40-46-52-58-64-70-82(4)5/h82-86,91H,7-81H2,1-6H3,(H,96,97)(H,98,99)/t83?,84-,85+,86+/m0/s1. The maximum Gasteiger partial charge on any atom is 0.472 e. The SMILES string of the molecule is CCCCCCCCCCCCCCCCCCCCC(=O)OC[C@H](COP(=O)(O)OC[C@@H](O)COP(=O)(O)OC[C@@H](COC(=O)CCCCCCCCCCCCCCC)OC(=O)CCCCCCCCCCCCCCCC(C)C)OC(=O)CCCCCCCCCCCCCCCCCCCCC(C)CC. The molecule has 648 valence electrons. The van der Waals surface area contributed by atoms with Gasteiger partial charge >= 0.3 is 39.5 Å². The van der Waals surface area contributed by atoms with Crippen molar-refractivity contribution >= 4 is 39.5 Å². The lowest BCUT2D eigenvalue weighted by atomic mass is 9.99. The molecule has 0 saturated carbocycles. The summed E-state index contributed by atoms with van der Waals surface area (Å²) in [6.07, 6.45) is 74.9. The Balaban J connectivity index is 5.25. The second kappa shape index (κ2) is 81.2. The maximum absolute atomic E-state index is 13.2. The Labute approximate surface area is 670 Å². The highest BCUT2D eigenvalue weighted by atomic mass is 31.2. The van der Waals surface area contributed by atoms with Gasteiger partial charge in [-0.1, -0.05) is 433 Å². The van der Waals surface area contributed by atoms with E-state index in [0.29, 0.717) is 25.7 Å². The molecule has 0 rings (SSSR count). The van der Waals surface area contributed by atoms with Gasteiger partial charge in [0.05, 0.1) is 26.4 Å². The highest BCUT2D eigenvalue weighted by Crippen LogP contribution is 2.45. The Hall–Kier alpha value is -1.94. The van der Waals surface area contributed by atoms with Crippen LogP contribution < -0.4 is 0 Å². The number of aliphatic hydroxyl groups excluding tert-OH is 1. The van der Waals surface area contributed by atoms with E-state index in [9.17, 15) is 43.2 Å². The number of unbranched alkanes of at least 4 members (excludes halogenated alkanes) is 58. The molecular weight excluding hydrogens is 1410 g/mol.